The van der Waals surface area contributed by atoms with E-state index in [-0.39, 0.29) is 0 Å². The minimum Gasteiger partial charge on any atom is -0.308 e. The van der Waals surface area contributed by atoms with Crippen LogP contribution in [0.4, 0.5) is 0 Å². The van der Waals surface area contributed by atoms with Crippen LogP contribution in [0, 0.1) is 5.92 Å². The molecule has 1 nitrogen and oxygen atoms in total. The van der Waals surface area contributed by atoms with E-state index in [0.29, 0.717) is 6.04 Å². The molecule has 0 aromatic rings. The molecule has 3 atom stereocenters. The summed E-state index contributed by atoms with van der Waals surface area (Å²) in [5.74, 6) is 0.985. The van der Waals surface area contributed by atoms with E-state index in [0.717, 1.165) is 12.0 Å². The maximum Gasteiger partial charge on any atom is 0.0252 e. The number of hydrogen-bond acceptors (Lipinski definition) is 1. The fourth-order valence-corrected chi connectivity index (χ4v) is 3.41. The van der Waals surface area contributed by atoms with Crippen LogP contribution in [0.15, 0.2) is 12.2 Å². The van der Waals surface area contributed by atoms with Crippen LogP contribution in [-0.2, 0) is 0 Å². The second kappa shape index (κ2) is 7.20. The van der Waals surface area contributed by atoms with E-state index < -0.39 is 0 Å². The van der Waals surface area contributed by atoms with E-state index in [1.165, 1.54) is 64.2 Å². The Morgan fingerprint density at radius 1 is 1.06 bits per heavy atom. The first-order valence-electron chi connectivity index (χ1n) is 7.81. The van der Waals surface area contributed by atoms with E-state index in [1.807, 2.05) is 0 Å². The smallest absolute Gasteiger partial charge is 0.0252 e. The lowest BCUT2D eigenvalue weighted by Crippen LogP contribution is -2.40. The Morgan fingerprint density at radius 2 is 2.00 bits per heavy atom. The summed E-state index contributed by atoms with van der Waals surface area (Å²) < 4.78 is 0. The van der Waals surface area contributed by atoms with E-state index in [9.17, 15) is 0 Å². The molecule has 0 saturated heterocycles. The third-order valence-corrected chi connectivity index (χ3v) is 4.56. The highest BCUT2D eigenvalue weighted by Crippen LogP contribution is 2.27. The standard InChI is InChI=1S/C16H29N/c1-2-14-9-8-12-16(13-14)17-15-10-6-4-3-5-7-11-15/h6,10,14-17H,2-5,7-9,11-13H2,1H3/b10-6+. The molecular weight excluding hydrogens is 206 g/mol. The van der Waals surface area contributed by atoms with Gasteiger partial charge in [0.15, 0.2) is 0 Å². The Morgan fingerprint density at radius 3 is 2.88 bits per heavy atom. The summed E-state index contributed by atoms with van der Waals surface area (Å²) in [5.41, 5.74) is 0. The van der Waals surface area contributed by atoms with Gasteiger partial charge in [0.25, 0.3) is 0 Å². The van der Waals surface area contributed by atoms with E-state index >= 15 is 0 Å². The quantitative estimate of drug-likeness (QED) is 0.713. The first kappa shape index (κ1) is 13.1. The second-order valence-electron chi connectivity index (χ2n) is 5.98. The van der Waals surface area contributed by atoms with Crippen molar-refractivity contribution in [2.24, 2.45) is 5.92 Å². The fraction of sp³-hybridized carbons (Fsp3) is 0.875. The average Bonchev–Trinajstić information content (AvgIpc) is 2.33. The predicted molar refractivity (Wildman–Crippen MR) is 75.2 cm³/mol. The maximum atomic E-state index is 3.90. The van der Waals surface area contributed by atoms with E-state index in [2.05, 4.69) is 24.4 Å². The Balaban J connectivity index is 1.79. The molecule has 17 heavy (non-hydrogen) atoms. The Kier molecular flexibility index (Phi) is 5.57. The van der Waals surface area contributed by atoms with E-state index in [4.69, 9.17) is 0 Å². The van der Waals surface area contributed by atoms with Gasteiger partial charge in [-0.1, -0.05) is 51.2 Å². The maximum absolute atomic E-state index is 3.90. The molecule has 1 fully saturated rings. The minimum atomic E-state index is 0.663. The lowest BCUT2D eigenvalue weighted by Gasteiger charge is -2.32. The molecule has 3 unspecified atom stereocenters. The highest BCUT2D eigenvalue weighted by Gasteiger charge is 2.22. The second-order valence-corrected chi connectivity index (χ2v) is 5.98. The molecule has 2 aliphatic carbocycles. The highest BCUT2D eigenvalue weighted by molar-refractivity contribution is 4.96. The van der Waals surface area contributed by atoms with Crippen molar-refractivity contribution in [3.05, 3.63) is 12.2 Å². The van der Waals surface area contributed by atoms with Gasteiger partial charge in [0.1, 0.15) is 0 Å². The zero-order chi connectivity index (χ0) is 11.9. The third-order valence-electron chi connectivity index (χ3n) is 4.56. The zero-order valence-electron chi connectivity index (χ0n) is 11.5. The first-order valence-corrected chi connectivity index (χ1v) is 7.81. The van der Waals surface area contributed by atoms with Crippen molar-refractivity contribution in [1.29, 1.82) is 0 Å². The van der Waals surface area contributed by atoms with Crippen molar-refractivity contribution < 1.29 is 0 Å². The Labute approximate surface area is 107 Å². The fourth-order valence-electron chi connectivity index (χ4n) is 3.41. The molecule has 1 heteroatoms. The van der Waals surface area contributed by atoms with Crippen LogP contribution in [0.3, 0.4) is 0 Å². The summed E-state index contributed by atoms with van der Waals surface area (Å²) in [6.07, 6.45) is 18.8. The normalized spacial score (nSPS) is 37.1. The third kappa shape index (κ3) is 4.46. The number of hydrogen-bond donors (Lipinski definition) is 1. The Bertz CT molecular complexity index is 234. The van der Waals surface area contributed by atoms with Gasteiger partial charge in [0.2, 0.25) is 0 Å². The zero-order valence-corrected chi connectivity index (χ0v) is 11.5. The lowest BCUT2D eigenvalue weighted by atomic mass is 9.83. The van der Waals surface area contributed by atoms with E-state index in [1.54, 1.807) is 0 Å². The van der Waals surface area contributed by atoms with Crippen LogP contribution in [0.2, 0.25) is 0 Å². The summed E-state index contributed by atoms with van der Waals surface area (Å²) in [4.78, 5) is 0. The average molecular weight is 235 g/mol. The molecule has 2 aliphatic rings. The molecule has 1 N–H and O–H groups in total. The van der Waals surface area contributed by atoms with Gasteiger partial charge in [0, 0.05) is 12.1 Å². The van der Waals surface area contributed by atoms with Gasteiger partial charge in [-0.05, 0) is 38.0 Å². The molecule has 1 saturated carbocycles. The van der Waals surface area contributed by atoms with Crippen LogP contribution in [0.1, 0.15) is 71.1 Å². The molecule has 0 aromatic carbocycles. The van der Waals surface area contributed by atoms with Gasteiger partial charge in [-0.15, -0.1) is 0 Å². The summed E-state index contributed by atoms with van der Waals surface area (Å²) in [7, 11) is 0. The molecule has 0 heterocycles. The molecule has 0 aliphatic heterocycles. The number of nitrogens with one attached hydrogen (secondary N) is 1. The molecule has 2 rings (SSSR count). The van der Waals surface area contributed by atoms with Gasteiger partial charge in [-0.25, -0.2) is 0 Å². The monoisotopic (exact) mass is 235 g/mol. The van der Waals surface area contributed by atoms with Crippen molar-refractivity contribution in [3.63, 3.8) is 0 Å². The van der Waals surface area contributed by atoms with Crippen LogP contribution in [-0.4, -0.2) is 12.1 Å². The van der Waals surface area contributed by atoms with Crippen LogP contribution in [0.25, 0.3) is 0 Å². The molecule has 0 bridgehead atoms. The van der Waals surface area contributed by atoms with Crippen molar-refractivity contribution in [3.8, 4) is 0 Å². The number of rotatable bonds is 3. The lowest BCUT2D eigenvalue weighted by molar-refractivity contribution is 0.266. The number of allylic oxidation sites excluding steroid dienone is 1. The summed E-state index contributed by atoms with van der Waals surface area (Å²) in [5, 5.41) is 3.90. The predicted octanol–water partition coefficient (Wildman–Crippen LogP) is 4.43. The molecule has 0 aromatic heterocycles. The molecule has 98 valence electrons. The van der Waals surface area contributed by atoms with Crippen LogP contribution < -0.4 is 5.32 Å². The van der Waals surface area contributed by atoms with Crippen LogP contribution >= 0.6 is 0 Å². The molecule has 0 amide bonds. The molecular formula is C16H29N. The Hall–Kier alpha value is -0.300. The van der Waals surface area contributed by atoms with Crippen molar-refractivity contribution in [1.82, 2.24) is 5.32 Å². The minimum absolute atomic E-state index is 0.663. The largest absolute Gasteiger partial charge is 0.308 e. The highest BCUT2D eigenvalue weighted by atomic mass is 14.9. The van der Waals surface area contributed by atoms with Crippen molar-refractivity contribution in [2.75, 3.05) is 0 Å². The SMILES string of the molecule is CCC1CCCC(NC2/C=C/CCCCC2)C1. The first-order chi connectivity index (χ1) is 8.38. The molecule has 0 radical (unpaired) electrons. The van der Waals surface area contributed by atoms with Gasteiger partial charge >= 0.3 is 0 Å². The molecule has 0 spiro atoms. The topological polar surface area (TPSA) is 12.0 Å². The van der Waals surface area contributed by atoms with Crippen LogP contribution in [0.5, 0.6) is 0 Å². The van der Waals surface area contributed by atoms with Crippen molar-refractivity contribution in [2.45, 2.75) is 83.2 Å². The van der Waals surface area contributed by atoms with Gasteiger partial charge in [-0.3, -0.25) is 0 Å². The summed E-state index contributed by atoms with van der Waals surface area (Å²) in [6, 6.07) is 1.46. The van der Waals surface area contributed by atoms with Gasteiger partial charge in [-0.2, -0.15) is 0 Å². The summed E-state index contributed by atoms with van der Waals surface area (Å²) in [6.45, 7) is 2.35. The van der Waals surface area contributed by atoms with Gasteiger partial charge in [0.05, 0.1) is 0 Å². The van der Waals surface area contributed by atoms with Crippen molar-refractivity contribution >= 4 is 0 Å². The summed E-state index contributed by atoms with van der Waals surface area (Å²) >= 11 is 0. The van der Waals surface area contributed by atoms with Gasteiger partial charge < -0.3 is 5.32 Å².